The van der Waals surface area contributed by atoms with E-state index >= 15 is 8.78 Å². The van der Waals surface area contributed by atoms with Crippen molar-refractivity contribution in [1.29, 1.82) is 0 Å². The van der Waals surface area contributed by atoms with Crippen molar-refractivity contribution in [2.75, 3.05) is 0 Å². The van der Waals surface area contributed by atoms with E-state index in [1.54, 1.807) is 12.1 Å². The summed E-state index contributed by atoms with van der Waals surface area (Å²) in [6, 6.07) is 4.65. The first-order chi connectivity index (χ1) is 10.7. The summed E-state index contributed by atoms with van der Waals surface area (Å²) in [6.45, 7) is 1.11. The summed E-state index contributed by atoms with van der Waals surface area (Å²) in [5.74, 6) is -7.24. The lowest BCUT2D eigenvalue weighted by Crippen LogP contribution is -2.58. The summed E-state index contributed by atoms with van der Waals surface area (Å²) in [5, 5.41) is 0.176. The number of hydrogen-bond acceptors (Lipinski definition) is 2. The number of halogens is 8. The van der Waals surface area contributed by atoms with Crippen LogP contribution in [0.3, 0.4) is 0 Å². The Morgan fingerprint density at radius 2 is 1.79 bits per heavy atom. The minimum absolute atomic E-state index is 0.176. The van der Waals surface area contributed by atoms with Crippen LogP contribution in [0.25, 0.3) is 0 Å². The molecule has 0 amide bonds. The van der Waals surface area contributed by atoms with E-state index in [1.807, 2.05) is 0 Å². The summed E-state index contributed by atoms with van der Waals surface area (Å²) in [4.78, 5) is 3.89. The SMILES string of the molecule is CC1(C(F)(F)C(Cl)(Cl)Sc2ccccn2)CCC(F)(F)C(Cl)(Cl)C1. The number of pyridine rings is 1. The molecule has 1 saturated carbocycles. The molecule has 1 atom stereocenters. The van der Waals surface area contributed by atoms with Crippen LogP contribution in [0.15, 0.2) is 29.4 Å². The molecule has 24 heavy (non-hydrogen) atoms. The molecule has 1 fully saturated rings. The third-order valence-corrected chi connectivity index (χ3v) is 6.85. The number of alkyl halides is 8. The maximum atomic E-state index is 15.1. The molecule has 0 saturated heterocycles. The molecule has 0 aromatic carbocycles. The standard InChI is InChI=1S/C14H13Cl4F4NS/c1-10(5-6-12(19,20)11(15,16)8-10)13(21,22)14(17,18)24-9-4-2-3-7-23-9/h2-4,7H,5-6,8H2,1H3. The molecule has 0 spiro atoms. The second-order valence-corrected chi connectivity index (χ2v) is 10.5. The third kappa shape index (κ3) is 3.59. The molecule has 2 rings (SSSR count). The fourth-order valence-corrected chi connectivity index (χ4v) is 5.15. The molecule has 0 N–H and O–H groups in total. The average molecular weight is 445 g/mol. The normalized spacial score (nSPS) is 27.0. The number of aromatic nitrogens is 1. The molecule has 0 radical (unpaired) electrons. The highest BCUT2D eigenvalue weighted by Crippen LogP contribution is 2.65. The molecule has 0 bridgehead atoms. The quantitative estimate of drug-likeness (QED) is 0.283. The van der Waals surface area contributed by atoms with Crippen molar-refractivity contribution in [3.8, 4) is 0 Å². The van der Waals surface area contributed by atoms with E-state index in [0.717, 1.165) is 6.92 Å². The zero-order valence-electron chi connectivity index (χ0n) is 12.3. The second-order valence-electron chi connectivity index (χ2n) is 6.01. The molecule has 1 unspecified atom stereocenters. The first-order valence-electron chi connectivity index (χ1n) is 6.85. The van der Waals surface area contributed by atoms with Gasteiger partial charge in [-0.2, -0.15) is 0 Å². The highest BCUT2D eigenvalue weighted by atomic mass is 35.5. The lowest BCUT2D eigenvalue weighted by molar-refractivity contribution is -0.164. The van der Waals surface area contributed by atoms with Crippen LogP contribution in [0.1, 0.15) is 26.2 Å². The topological polar surface area (TPSA) is 12.9 Å². The van der Waals surface area contributed by atoms with Crippen LogP contribution in [-0.4, -0.2) is 24.8 Å². The van der Waals surface area contributed by atoms with Crippen molar-refractivity contribution >= 4 is 58.2 Å². The largest absolute Gasteiger partial charge is 0.295 e. The Morgan fingerprint density at radius 1 is 1.17 bits per heavy atom. The smallest absolute Gasteiger partial charge is 0.250 e. The van der Waals surface area contributed by atoms with Gasteiger partial charge in [-0.3, -0.25) is 0 Å². The van der Waals surface area contributed by atoms with E-state index in [9.17, 15) is 8.78 Å². The predicted octanol–water partition coefficient (Wildman–Crippen LogP) is 6.94. The van der Waals surface area contributed by atoms with Gasteiger partial charge in [0.05, 0.1) is 5.03 Å². The molecule has 1 nitrogen and oxygen atoms in total. The Morgan fingerprint density at radius 3 is 2.29 bits per heavy atom. The van der Waals surface area contributed by atoms with Gasteiger partial charge < -0.3 is 0 Å². The van der Waals surface area contributed by atoms with E-state index in [2.05, 4.69) is 4.98 Å². The van der Waals surface area contributed by atoms with Crippen LogP contribution in [0.4, 0.5) is 17.6 Å². The number of thioether (sulfide) groups is 1. The van der Waals surface area contributed by atoms with Crippen molar-refractivity contribution in [3.05, 3.63) is 24.4 Å². The summed E-state index contributed by atoms with van der Waals surface area (Å²) in [5.41, 5.74) is -2.01. The van der Waals surface area contributed by atoms with Gasteiger partial charge >= 0.3 is 0 Å². The zero-order chi connectivity index (χ0) is 18.4. The fourth-order valence-electron chi connectivity index (χ4n) is 2.55. The fraction of sp³-hybridized carbons (Fsp3) is 0.643. The molecule has 10 heteroatoms. The van der Waals surface area contributed by atoms with E-state index < -0.39 is 44.5 Å². The molecular weight excluding hydrogens is 432 g/mol. The average Bonchev–Trinajstić information content (AvgIpc) is 2.43. The lowest BCUT2D eigenvalue weighted by Gasteiger charge is -2.50. The van der Waals surface area contributed by atoms with Gasteiger partial charge in [-0.1, -0.05) is 71.2 Å². The Hall–Kier alpha value is 0.380. The lowest BCUT2D eigenvalue weighted by atomic mass is 9.69. The van der Waals surface area contributed by atoms with Crippen LogP contribution < -0.4 is 0 Å². The van der Waals surface area contributed by atoms with Gasteiger partial charge in [0.25, 0.3) is 11.8 Å². The Kier molecular flexibility index (Phi) is 5.62. The first kappa shape index (κ1) is 20.7. The van der Waals surface area contributed by atoms with Crippen LogP contribution in [-0.2, 0) is 0 Å². The molecule has 1 aliphatic carbocycles. The summed E-state index contributed by atoms with van der Waals surface area (Å²) < 4.78 is 52.4. The second kappa shape index (κ2) is 6.52. The first-order valence-corrected chi connectivity index (χ1v) is 9.18. The minimum atomic E-state index is -3.77. The Labute approximate surface area is 161 Å². The monoisotopic (exact) mass is 443 g/mol. The van der Waals surface area contributed by atoms with Crippen molar-refractivity contribution in [3.63, 3.8) is 0 Å². The molecule has 1 aromatic heterocycles. The highest BCUT2D eigenvalue weighted by molar-refractivity contribution is 8.03. The Bertz CT molecular complexity index is 600. The third-order valence-electron chi connectivity index (χ3n) is 4.13. The molecule has 1 aromatic rings. The van der Waals surface area contributed by atoms with Gasteiger partial charge in [0.1, 0.15) is 0 Å². The zero-order valence-corrected chi connectivity index (χ0v) is 16.2. The van der Waals surface area contributed by atoms with Gasteiger partial charge in [-0.25, -0.2) is 22.5 Å². The van der Waals surface area contributed by atoms with Gasteiger partial charge in [-0.05, 0) is 25.0 Å². The maximum Gasteiger partial charge on any atom is 0.295 e. The van der Waals surface area contributed by atoms with E-state index in [4.69, 9.17) is 46.4 Å². The Balaban J connectivity index is 2.31. The summed E-state index contributed by atoms with van der Waals surface area (Å²) in [7, 11) is 0. The highest BCUT2D eigenvalue weighted by Gasteiger charge is 2.70. The molecule has 136 valence electrons. The van der Waals surface area contributed by atoms with Crippen LogP contribution in [0.2, 0.25) is 0 Å². The van der Waals surface area contributed by atoms with Gasteiger partial charge in [0, 0.05) is 18.0 Å². The van der Waals surface area contributed by atoms with Gasteiger partial charge in [0.15, 0.2) is 4.33 Å². The summed E-state index contributed by atoms with van der Waals surface area (Å²) in [6.07, 6.45) is -0.870. The number of hydrogen-bond donors (Lipinski definition) is 0. The van der Waals surface area contributed by atoms with Crippen LogP contribution in [0.5, 0.6) is 0 Å². The molecule has 1 aliphatic rings. The molecule has 0 aliphatic heterocycles. The van der Waals surface area contributed by atoms with E-state index in [1.165, 1.54) is 12.3 Å². The summed E-state index contributed by atoms with van der Waals surface area (Å²) >= 11 is 23.6. The predicted molar refractivity (Wildman–Crippen MR) is 90.8 cm³/mol. The van der Waals surface area contributed by atoms with Crippen molar-refractivity contribution in [1.82, 2.24) is 4.98 Å². The van der Waals surface area contributed by atoms with E-state index in [-0.39, 0.29) is 5.03 Å². The van der Waals surface area contributed by atoms with Crippen molar-refractivity contribution in [2.45, 2.75) is 51.1 Å². The maximum absolute atomic E-state index is 15.1. The number of rotatable bonds is 4. The van der Waals surface area contributed by atoms with E-state index in [0.29, 0.717) is 11.8 Å². The van der Waals surface area contributed by atoms with Crippen molar-refractivity contribution < 1.29 is 17.6 Å². The molecule has 1 heterocycles. The number of nitrogens with zero attached hydrogens (tertiary/aromatic N) is 1. The van der Waals surface area contributed by atoms with Crippen LogP contribution in [0, 0.1) is 5.41 Å². The minimum Gasteiger partial charge on any atom is -0.250 e. The van der Waals surface area contributed by atoms with Gasteiger partial charge in [0.2, 0.25) is 3.67 Å². The van der Waals surface area contributed by atoms with Crippen molar-refractivity contribution in [2.24, 2.45) is 5.41 Å². The van der Waals surface area contributed by atoms with Crippen LogP contribution >= 0.6 is 58.2 Å². The van der Waals surface area contributed by atoms with Gasteiger partial charge in [-0.15, -0.1) is 0 Å². The molecular formula is C14H13Cl4F4NS.